The molecule has 0 spiro atoms. The standard InChI is InChI=1S/C14H8F6N2/c15-11(14(18,19)20)13(16,17)12-21-8-5-1-3-7-4-2-6-9(22-12)10(7)8/h1-6,11H,(H,21,22). The minimum absolute atomic E-state index is 0.0656. The molecule has 22 heavy (non-hydrogen) atoms. The molecule has 1 aliphatic heterocycles. The molecular formula is C14H8F6N2. The molecule has 1 atom stereocenters. The Bertz CT molecular complexity index is 760. The molecule has 1 heterocycles. The molecule has 0 saturated carbocycles. The van der Waals surface area contributed by atoms with Crippen molar-refractivity contribution in [3.05, 3.63) is 36.4 Å². The van der Waals surface area contributed by atoms with E-state index < -0.39 is 24.1 Å². The highest BCUT2D eigenvalue weighted by Crippen LogP contribution is 2.41. The lowest BCUT2D eigenvalue weighted by molar-refractivity contribution is -0.225. The molecule has 1 aliphatic rings. The fourth-order valence-corrected chi connectivity index (χ4v) is 2.28. The Morgan fingerprint density at radius 1 is 0.955 bits per heavy atom. The van der Waals surface area contributed by atoms with Crippen molar-refractivity contribution in [3.63, 3.8) is 0 Å². The SMILES string of the molecule is FC(C(F)(F)F)C(F)(F)C1=Nc2cccc3cccc(c23)N1. The van der Waals surface area contributed by atoms with Crippen LogP contribution in [0.1, 0.15) is 0 Å². The first-order chi connectivity index (χ1) is 10.2. The topological polar surface area (TPSA) is 24.4 Å². The molecule has 2 aromatic carbocycles. The van der Waals surface area contributed by atoms with Crippen LogP contribution in [-0.2, 0) is 0 Å². The Kier molecular flexibility index (Phi) is 3.08. The van der Waals surface area contributed by atoms with E-state index in [0.717, 1.165) is 0 Å². The average molecular weight is 318 g/mol. The number of hydrogen-bond donors (Lipinski definition) is 1. The zero-order chi connectivity index (χ0) is 16.1. The number of aliphatic imine (C=N–C) groups is 1. The zero-order valence-corrected chi connectivity index (χ0v) is 10.8. The zero-order valence-electron chi connectivity index (χ0n) is 10.8. The monoisotopic (exact) mass is 318 g/mol. The Balaban J connectivity index is 2.12. The number of alkyl halides is 6. The number of nitrogens with one attached hydrogen (secondary N) is 1. The molecule has 0 fully saturated rings. The van der Waals surface area contributed by atoms with Crippen LogP contribution in [0.4, 0.5) is 37.7 Å². The molecular weight excluding hydrogens is 310 g/mol. The van der Waals surface area contributed by atoms with Crippen LogP contribution in [0, 0.1) is 0 Å². The normalized spacial score (nSPS) is 16.2. The molecule has 8 heteroatoms. The number of anilines is 1. The van der Waals surface area contributed by atoms with Gasteiger partial charge in [-0.1, -0.05) is 24.3 Å². The molecule has 3 rings (SSSR count). The van der Waals surface area contributed by atoms with Crippen LogP contribution in [0.15, 0.2) is 41.4 Å². The first-order valence-corrected chi connectivity index (χ1v) is 6.18. The van der Waals surface area contributed by atoms with E-state index in [9.17, 15) is 26.3 Å². The fourth-order valence-electron chi connectivity index (χ4n) is 2.28. The second-order valence-corrected chi connectivity index (χ2v) is 4.79. The number of hydrogen-bond acceptors (Lipinski definition) is 2. The van der Waals surface area contributed by atoms with Crippen molar-refractivity contribution in [2.24, 2.45) is 4.99 Å². The van der Waals surface area contributed by atoms with Crippen LogP contribution in [0.5, 0.6) is 0 Å². The summed E-state index contributed by atoms with van der Waals surface area (Å²) in [4.78, 5) is 3.49. The first kappa shape index (κ1) is 14.7. The molecule has 0 radical (unpaired) electrons. The average Bonchev–Trinajstić information content (AvgIpc) is 2.46. The Morgan fingerprint density at radius 3 is 2.23 bits per heavy atom. The molecule has 1 unspecified atom stereocenters. The summed E-state index contributed by atoms with van der Waals surface area (Å²) in [6.45, 7) is 0. The van der Waals surface area contributed by atoms with E-state index in [4.69, 9.17) is 0 Å². The summed E-state index contributed by atoms with van der Waals surface area (Å²) >= 11 is 0. The highest BCUT2D eigenvalue weighted by atomic mass is 19.4. The Hall–Kier alpha value is -2.25. The third kappa shape index (κ3) is 2.18. The van der Waals surface area contributed by atoms with E-state index in [1.54, 1.807) is 18.2 Å². The van der Waals surface area contributed by atoms with Gasteiger partial charge >= 0.3 is 12.1 Å². The van der Waals surface area contributed by atoms with Crippen molar-refractivity contribution in [1.29, 1.82) is 0 Å². The molecule has 116 valence electrons. The highest BCUT2D eigenvalue weighted by molar-refractivity contribution is 6.15. The Labute approximate surface area is 120 Å². The predicted octanol–water partition coefficient (Wildman–Crippen LogP) is 4.83. The van der Waals surface area contributed by atoms with E-state index in [1.807, 2.05) is 0 Å². The van der Waals surface area contributed by atoms with Crippen molar-refractivity contribution in [2.45, 2.75) is 18.3 Å². The van der Waals surface area contributed by atoms with Gasteiger partial charge in [-0.05, 0) is 17.5 Å². The quantitative estimate of drug-likeness (QED) is 0.788. The van der Waals surface area contributed by atoms with Gasteiger partial charge in [0.15, 0.2) is 5.84 Å². The lowest BCUT2D eigenvalue weighted by Crippen LogP contribution is -2.50. The molecule has 0 amide bonds. The van der Waals surface area contributed by atoms with Gasteiger partial charge in [-0.25, -0.2) is 9.38 Å². The molecule has 0 aliphatic carbocycles. The molecule has 2 nitrogen and oxygen atoms in total. The molecule has 2 aromatic rings. The first-order valence-electron chi connectivity index (χ1n) is 6.18. The summed E-state index contributed by atoms with van der Waals surface area (Å²) in [6, 6.07) is 9.28. The second-order valence-electron chi connectivity index (χ2n) is 4.79. The largest absolute Gasteiger partial charge is 0.426 e. The number of amidine groups is 1. The summed E-state index contributed by atoms with van der Waals surface area (Å²) in [5, 5.41) is 3.29. The highest BCUT2D eigenvalue weighted by Gasteiger charge is 2.60. The van der Waals surface area contributed by atoms with Crippen molar-refractivity contribution < 1.29 is 26.3 Å². The predicted molar refractivity (Wildman–Crippen MR) is 70.6 cm³/mol. The van der Waals surface area contributed by atoms with Crippen LogP contribution in [0.3, 0.4) is 0 Å². The maximum Gasteiger partial charge on any atom is 0.426 e. The van der Waals surface area contributed by atoms with Crippen molar-refractivity contribution in [1.82, 2.24) is 0 Å². The van der Waals surface area contributed by atoms with Gasteiger partial charge < -0.3 is 5.32 Å². The maximum absolute atomic E-state index is 13.8. The lowest BCUT2D eigenvalue weighted by atomic mass is 10.0. The number of nitrogens with zero attached hydrogens (tertiary/aromatic N) is 1. The second kappa shape index (κ2) is 4.62. The minimum Gasteiger partial charge on any atom is -0.338 e. The van der Waals surface area contributed by atoms with Crippen molar-refractivity contribution in [3.8, 4) is 0 Å². The molecule has 0 aromatic heterocycles. The summed E-state index contributed by atoms with van der Waals surface area (Å²) < 4.78 is 77.6. The summed E-state index contributed by atoms with van der Waals surface area (Å²) in [5.74, 6) is -6.17. The minimum atomic E-state index is -5.68. The van der Waals surface area contributed by atoms with Crippen molar-refractivity contribution in [2.75, 3.05) is 5.32 Å². The van der Waals surface area contributed by atoms with E-state index >= 15 is 0 Å². The van der Waals surface area contributed by atoms with Crippen LogP contribution < -0.4 is 5.32 Å². The van der Waals surface area contributed by atoms with Crippen LogP contribution in [0.25, 0.3) is 10.8 Å². The number of halogens is 6. The van der Waals surface area contributed by atoms with Crippen molar-refractivity contribution >= 4 is 28.0 Å². The smallest absolute Gasteiger partial charge is 0.338 e. The van der Waals surface area contributed by atoms with E-state index in [0.29, 0.717) is 10.8 Å². The number of benzene rings is 2. The summed E-state index contributed by atoms with van der Waals surface area (Å²) in [5.41, 5.74) is 0.225. The van der Waals surface area contributed by atoms with E-state index in [-0.39, 0.29) is 11.4 Å². The van der Waals surface area contributed by atoms with Gasteiger partial charge in [-0.15, -0.1) is 0 Å². The van der Waals surface area contributed by atoms with Gasteiger partial charge in [0.05, 0.1) is 5.69 Å². The molecule has 0 saturated heterocycles. The van der Waals surface area contributed by atoms with Crippen LogP contribution in [0.2, 0.25) is 0 Å². The number of rotatable bonds is 2. The van der Waals surface area contributed by atoms with Gasteiger partial charge in [-0.3, -0.25) is 0 Å². The van der Waals surface area contributed by atoms with E-state index in [1.165, 1.54) is 18.2 Å². The van der Waals surface area contributed by atoms with Gasteiger partial charge in [0.1, 0.15) is 0 Å². The summed E-state index contributed by atoms with van der Waals surface area (Å²) in [7, 11) is 0. The lowest BCUT2D eigenvalue weighted by Gasteiger charge is -2.27. The maximum atomic E-state index is 13.8. The van der Waals surface area contributed by atoms with Gasteiger partial charge in [0.2, 0.25) is 0 Å². The molecule has 1 N–H and O–H groups in total. The third-order valence-electron chi connectivity index (χ3n) is 3.29. The van der Waals surface area contributed by atoms with Gasteiger partial charge in [-0.2, -0.15) is 22.0 Å². The Morgan fingerprint density at radius 2 is 1.59 bits per heavy atom. The van der Waals surface area contributed by atoms with Gasteiger partial charge in [0, 0.05) is 11.1 Å². The third-order valence-corrected chi connectivity index (χ3v) is 3.29. The molecule has 0 bridgehead atoms. The van der Waals surface area contributed by atoms with Crippen LogP contribution >= 0.6 is 0 Å². The summed E-state index contributed by atoms with van der Waals surface area (Å²) in [6.07, 6.45) is -10.0. The van der Waals surface area contributed by atoms with Gasteiger partial charge in [0.25, 0.3) is 6.17 Å². The fraction of sp³-hybridized carbons (Fsp3) is 0.214. The van der Waals surface area contributed by atoms with E-state index in [2.05, 4.69) is 10.3 Å². The van der Waals surface area contributed by atoms with Crippen LogP contribution in [-0.4, -0.2) is 24.1 Å².